The Bertz CT molecular complexity index is 434. The zero-order valence-corrected chi connectivity index (χ0v) is 11.6. The molecule has 0 amide bonds. The number of halogens is 1. The van der Waals surface area contributed by atoms with Crippen LogP contribution in [0.1, 0.15) is 26.7 Å². The number of nitrogens with one attached hydrogen (secondary N) is 1. The monoisotopic (exact) mass is 273 g/mol. The van der Waals surface area contributed by atoms with Crippen LogP contribution in [0.25, 0.3) is 0 Å². The second-order valence-electron chi connectivity index (χ2n) is 4.42. The van der Waals surface area contributed by atoms with E-state index in [1.165, 1.54) is 4.68 Å². The van der Waals surface area contributed by atoms with Crippen molar-refractivity contribution in [2.24, 2.45) is 5.92 Å². The highest BCUT2D eigenvalue weighted by Crippen LogP contribution is 2.15. The Balaban J connectivity index is 2.77. The van der Waals surface area contributed by atoms with Crippen LogP contribution in [0.15, 0.2) is 11.0 Å². The lowest BCUT2D eigenvalue weighted by molar-refractivity contribution is 0.244. The van der Waals surface area contributed by atoms with Crippen LogP contribution in [-0.4, -0.2) is 28.0 Å². The summed E-state index contributed by atoms with van der Waals surface area (Å²) in [4.78, 5) is 11.9. The van der Waals surface area contributed by atoms with Gasteiger partial charge in [-0.3, -0.25) is 4.79 Å². The van der Waals surface area contributed by atoms with Gasteiger partial charge in [-0.1, -0.05) is 31.9 Å². The predicted octanol–water partition coefficient (Wildman–Crippen LogP) is 1.74. The lowest BCUT2D eigenvalue weighted by atomic mass is 10.2. The fraction of sp³-hybridized carbons (Fsp3) is 0.667. The summed E-state index contributed by atoms with van der Waals surface area (Å²) >= 11 is 6.01. The summed E-state index contributed by atoms with van der Waals surface area (Å²) in [6.45, 7) is 5.18. The minimum absolute atomic E-state index is 0.0889. The molecule has 0 aliphatic heterocycles. The first kappa shape index (κ1) is 15.0. The zero-order chi connectivity index (χ0) is 13.5. The van der Waals surface area contributed by atoms with Gasteiger partial charge in [0, 0.05) is 19.7 Å². The zero-order valence-electron chi connectivity index (χ0n) is 10.8. The van der Waals surface area contributed by atoms with Crippen LogP contribution < -0.4 is 10.9 Å². The van der Waals surface area contributed by atoms with Crippen molar-refractivity contribution in [1.29, 1.82) is 0 Å². The fourth-order valence-corrected chi connectivity index (χ4v) is 1.62. The van der Waals surface area contributed by atoms with Gasteiger partial charge in [0.25, 0.3) is 5.56 Å². The van der Waals surface area contributed by atoms with Crippen LogP contribution in [-0.2, 0) is 6.54 Å². The smallest absolute Gasteiger partial charge is 0.287 e. The lowest BCUT2D eigenvalue weighted by Gasteiger charge is -2.12. The van der Waals surface area contributed by atoms with E-state index >= 15 is 0 Å². The predicted molar refractivity (Wildman–Crippen MR) is 73.2 cm³/mol. The van der Waals surface area contributed by atoms with Gasteiger partial charge in [0.05, 0.1) is 11.9 Å². The number of unbranched alkanes of at least 4 members (excludes halogenated alkanes) is 1. The molecule has 0 bridgehead atoms. The number of aliphatic hydroxyl groups is 1. The summed E-state index contributed by atoms with van der Waals surface area (Å²) in [6, 6.07) is 0. The quantitative estimate of drug-likeness (QED) is 0.794. The van der Waals surface area contributed by atoms with E-state index in [9.17, 15) is 4.79 Å². The van der Waals surface area contributed by atoms with Gasteiger partial charge in [-0.2, -0.15) is 5.10 Å². The molecule has 0 aliphatic rings. The summed E-state index contributed by atoms with van der Waals surface area (Å²) < 4.78 is 1.38. The topological polar surface area (TPSA) is 67.2 Å². The second-order valence-corrected chi connectivity index (χ2v) is 4.80. The molecule has 18 heavy (non-hydrogen) atoms. The van der Waals surface area contributed by atoms with Gasteiger partial charge in [0.1, 0.15) is 5.02 Å². The van der Waals surface area contributed by atoms with Crippen molar-refractivity contribution >= 4 is 17.3 Å². The highest BCUT2D eigenvalue weighted by molar-refractivity contribution is 6.32. The molecule has 0 aliphatic carbocycles. The van der Waals surface area contributed by atoms with E-state index in [0.717, 1.165) is 12.8 Å². The Kier molecular flexibility index (Phi) is 6.15. The average Bonchev–Trinajstić information content (AvgIpc) is 2.39. The summed E-state index contributed by atoms with van der Waals surface area (Å²) in [7, 11) is 0. The van der Waals surface area contributed by atoms with Crippen molar-refractivity contribution in [1.82, 2.24) is 9.78 Å². The van der Waals surface area contributed by atoms with Crippen molar-refractivity contribution in [2.75, 3.05) is 18.5 Å². The highest BCUT2D eigenvalue weighted by Gasteiger charge is 2.09. The molecule has 0 radical (unpaired) electrons. The number of nitrogens with zero attached hydrogens (tertiary/aromatic N) is 2. The third-order valence-electron chi connectivity index (χ3n) is 2.66. The van der Waals surface area contributed by atoms with Crippen LogP contribution in [0.5, 0.6) is 0 Å². The fourth-order valence-electron chi connectivity index (χ4n) is 1.40. The van der Waals surface area contributed by atoms with Crippen molar-refractivity contribution in [3.05, 3.63) is 21.6 Å². The van der Waals surface area contributed by atoms with Crippen LogP contribution in [0.4, 0.5) is 5.69 Å². The molecule has 1 atom stereocenters. The molecule has 1 rings (SSSR count). The molecule has 1 aromatic heterocycles. The summed E-state index contributed by atoms with van der Waals surface area (Å²) in [6.07, 6.45) is 3.46. The molecule has 0 spiro atoms. The summed E-state index contributed by atoms with van der Waals surface area (Å²) in [5.74, 6) is 0.101. The summed E-state index contributed by atoms with van der Waals surface area (Å²) in [5.41, 5.74) is 0.251. The second kappa shape index (κ2) is 7.38. The number of aliphatic hydroxyl groups excluding tert-OH is 1. The first-order chi connectivity index (χ1) is 8.60. The molecule has 0 aromatic carbocycles. The molecule has 2 N–H and O–H groups in total. The lowest BCUT2D eigenvalue weighted by Crippen LogP contribution is -2.25. The number of rotatable bonds is 7. The van der Waals surface area contributed by atoms with E-state index in [0.29, 0.717) is 18.8 Å². The van der Waals surface area contributed by atoms with Crippen molar-refractivity contribution in [2.45, 2.75) is 33.2 Å². The van der Waals surface area contributed by atoms with E-state index in [1.54, 1.807) is 6.20 Å². The van der Waals surface area contributed by atoms with Gasteiger partial charge in [-0.25, -0.2) is 4.68 Å². The Labute approximate surface area is 112 Å². The van der Waals surface area contributed by atoms with E-state index in [-0.39, 0.29) is 23.1 Å². The number of aromatic nitrogens is 2. The molecule has 0 saturated carbocycles. The van der Waals surface area contributed by atoms with Crippen LogP contribution in [0.2, 0.25) is 5.02 Å². The van der Waals surface area contributed by atoms with Crippen molar-refractivity contribution in [3.8, 4) is 0 Å². The largest absolute Gasteiger partial charge is 0.396 e. The Morgan fingerprint density at radius 3 is 2.94 bits per heavy atom. The SMILES string of the molecule is CCCCn1ncc(NCC(C)CO)c(Cl)c1=O. The van der Waals surface area contributed by atoms with Gasteiger partial charge in [0.15, 0.2) is 0 Å². The van der Waals surface area contributed by atoms with Crippen LogP contribution in [0, 0.1) is 5.92 Å². The van der Waals surface area contributed by atoms with Gasteiger partial charge < -0.3 is 10.4 Å². The Hall–Kier alpha value is -1.07. The first-order valence-corrected chi connectivity index (χ1v) is 6.58. The Morgan fingerprint density at radius 2 is 2.33 bits per heavy atom. The molecule has 5 nitrogen and oxygen atoms in total. The van der Waals surface area contributed by atoms with Crippen molar-refractivity contribution < 1.29 is 5.11 Å². The average molecular weight is 274 g/mol. The van der Waals surface area contributed by atoms with E-state index < -0.39 is 0 Å². The molecular weight excluding hydrogens is 254 g/mol. The summed E-state index contributed by atoms with van der Waals surface area (Å²) in [5, 5.41) is 16.2. The molecule has 0 fully saturated rings. The minimum atomic E-state index is -0.272. The maximum Gasteiger partial charge on any atom is 0.287 e. The first-order valence-electron chi connectivity index (χ1n) is 6.20. The third-order valence-corrected chi connectivity index (χ3v) is 3.03. The third kappa shape index (κ3) is 3.99. The van der Waals surface area contributed by atoms with Gasteiger partial charge >= 0.3 is 0 Å². The van der Waals surface area contributed by atoms with Gasteiger partial charge in [-0.15, -0.1) is 0 Å². The molecule has 102 valence electrons. The normalized spacial score (nSPS) is 12.4. The maximum absolute atomic E-state index is 11.9. The van der Waals surface area contributed by atoms with Crippen molar-refractivity contribution in [3.63, 3.8) is 0 Å². The number of hydrogen-bond acceptors (Lipinski definition) is 4. The molecule has 1 unspecified atom stereocenters. The standard InChI is InChI=1S/C12H20ClN3O2/c1-3-4-5-16-12(18)11(13)10(7-15-16)14-6-9(2)8-17/h7,9,14,17H,3-6,8H2,1-2H3. The van der Waals surface area contributed by atoms with E-state index in [4.69, 9.17) is 16.7 Å². The van der Waals surface area contributed by atoms with Gasteiger partial charge in [-0.05, 0) is 12.3 Å². The number of anilines is 1. The van der Waals surface area contributed by atoms with Crippen LogP contribution >= 0.6 is 11.6 Å². The molecule has 1 heterocycles. The molecule has 0 saturated heterocycles. The maximum atomic E-state index is 11.9. The minimum Gasteiger partial charge on any atom is -0.396 e. The number of aryl methyl sites for hydroxylation is 1. The number of hydrogen-bond donors (Lipinski definition) is 2. The Morgan fingerprint density at radius 1 is 1.61 bits per heavy atom. The van der Waals surface area contributed by atoms with E-state index in [1.807, 2.05) is 6.92 Å². The molecular formula is C12H20ClN3O2. The molecule has 6 heteroatoms. The highest BCUT2D eigenvalue weighted by atomic mass is 35.5. The van der Waals surface area contributed by atoms with Gasteiger partial charge in [0.2, 0.25) is 0 Å². The molecule has 1 aromatic rings. The van der Waals surface area contributed by atoms with E-state index in [2.05, 4.69) is 17.3 Å². The van der Waals surface area contributed by atoms with Crippen LogP contribution in [0.3, 0.4) is 0 Å².